The molecule has 130 valence electrons. The van der Waals surface area contributed by atoms with Crippen LogP contribution in [-0.4, -0.2) is 27.2 Å². The summed E-state index contributed by atoms with van der Waals surface area (Å²) in [7, 11) is 0. The Hall–Kier alpha value is -3.52. The van der Waals surface area contributed by atoms with Crippen LogP contribution in [0.5, 0.6) is 0 Å². The van der Waals surface area contributed by atoms with Gasteiger partial charge in [-0.05, 0) is 18.2 Å². The van der Waals surface area contributed by atoms with Crippen molar-refractivity contribution in [3.63, 3.8) is 0 Å². The summed E-state index contributed by atoms with van der Waals surface area (Å²) >= 11 is 5.84. The van der Waals surface area contributed by atoms with E-state index in [1.807, 2.05) is 0 Å². The summed E-state index contributed by atoms with van der Waals surface area (Å²) in [5.41, 5.74) is 4.41. The predicted octanol–water partition coefficient (Wildman–Crippen LogP) is 3.40. The maximum absolute atomic E-state index is 12.1. The second kappa shape index (κ2) is 7.58. The van der Waals surface area contributed by atoms with Crippen LogP contribution < -0.4 is 5.43 Å². The summed E-state index contributed by atoms with van der Waals surface area (Å²) in [6, 6.07) is 14.5. The fourth-order valence-corrected chi connectivity index (χ4v) is 2.28. The quantitative estimate of drug-likeness (QED) is 0.407. The lowest BCUT2D eigenvalue weighted by molar-refractivity contribution is -0.384. The maximum atomic E-state index is 12.1. The van der Waals surface area contributed by atoms with E-state index >= 15 is 0 Å². The molecule has 0 aliphatic rings. The van der Waals surface area contributed by atoms with Crippen molar-refractivity contribution in [3.05, 3.63) is 81.0 Å². The number of H-pyrrole nitrogens is 1. The van der Waals surface area contributed by atoms with Crippen LogP contribution in [0.25, 0.3) is 11.3 Å². The Kier molecular flexibility index (Phi) is 5.04. The molecule has 0 bridgehead atoms. The van der Waals surface area contributed by atoms with Gasteiger partial charge in [0.05, 0.1) is 16.8 Å². The second-order valence-electron chi connectivity index (χ2n) is 5.22. The van der Waals surface area contributed by atoms with E-state index in [1.165, 1.54) is 24.4 Å². The number of hydrogen-bond donors (Lipinski definition) is 2. The molecule has 1 amide bonds. The number of nitrogens with zero attached hydrogens (tertiary/aromatic N) is 3. The number of amides is 1. The lowest BCUT2D eigenvalue weighted by Crippen LogP contribution is -2.18. The first kappa shape index (κ1) is 17.3. The molecular weight excluding hydrogens is 358 g/mol. The Morgan fingerprint density at radius 1 is 1.23 bits per heavy atom. The van der Waals surface area contributed by atoms with E-state index in [0.717, 1.165) is 5.56 Å². The normalized spacial score (nSPS) is 10.8. The molecule has 0 saturated heterocycles. The number of carbonyl (C=O) groups excluding carboxylic acids is 1. The fraction of sp³-hybridized carbons (Fsp3) is 0. The monoisotopic (exact) mass is 369 g/mol. The molecule has 2 aromatic carbocycles. The molecule has 3 rings (SSSR count). The number of nitro benzene ring substituents is 1. The lowest BCUT2D eigenvalue weighted by atomic mass is 10.1. The van der Waals surface area contributed by atoms with Gasteiger partial charge in [0.1, 0.15) is 5.69 Å². The van der Waals surface area contributed by atoms with E-state index in [1.54, 1.807) is 36.4 Å². The zero-order valence-corrected chi connectivity index (χ0v) is 14.0. The number of aromatic amines is 1. The number of benzene rings is 2. The summed E-state index contributed by atoms with van der Waals surface area (Å²) in [6.07, 6.45) is 1.32. The van der Waals surface area contributed by atoms with Crippen molar-refractivity contribution in [1.82, 2.24) is 15.6 Å². The number of nitrogens with one attached hydrogen (secondary N) is 2. The Morgan fingerprint density at radius 2 is 2.00 bits per heavy atom. The Labute approximate surface area is 152 Å². The largest absolute Gasteiger partial charge is 0.289 e. The third-order valence-corrected chi connectivity index (χ3v) is 3.68. The fourth-order valence-electron chi connectivity index (χ4n) is 2.15. The van der Waals surface area contributed by atoms with E-state index in [9.17, 15) is 14.9 Å². The average molecular weight is 370 g/mol. The van der Waals surface area contributed by atoms with Crippen molar-refractivity contribution in [2.75, 3.05) is 0 Å². The van der Waals surface area contributed by atoms with Crippen molar-refractivity contribution in [3.8, 4) is 11.3 Å². The standard InChI is InChI=1S/C17H12ClN5O3/c18-13-6-4-12(5-7-13)15-9-16(21-20-15)17(24)22-19-10-11-2-1-3-14(8-11)23(25)26/h1-10H,(H,20,21)(H,22,24). The van der Waals surface area contributed by atoms with Crippen molar-refractivity contribution >= 4 is 29.4 Å². The van der Waals surface area contributed by atoms with Crippen molar-refractivity contribution in [2.24, 2.45) is 5.10 Å². The number of carbonyl (C=O) groups is 1. The molecule has 3 aromatic rings. The molecule has 1 heterocycles. The molecule has 8 nitrogen and oxygen atoms in total. The molecule has 0 spiro atoms. The first-order valence-electron chi connectivity index (χ1n) is 7.42. The topological polar surface area (TPSA) is 113 Å². The minimum Gasteiger partial charge on any atom is -0.272 e. The molecular formula is C17H12ClN5O3. The second-order valence-corrected chi connectivity index (χ2v) is 5.66. The number of hydrogen-bond acceptors (Lipinski definition) is 5. The number of aromatic nitrogens is 2. The Bertz CT molecular complexity index is 982. The number of non-ortho nitro benzene ring substituents is 1. The van der Waals surface area contributed by atoms with Gasteiger partial charge in [-0.3, -0.25) is 20.0 Å². The van der Waals surface area contributed by atoms with E-state index in [4.69, 9.17) is 11.6 Å². The molecule has 0 aliphatic heterocycles. The average Bonchev–Trinajstić information content (AvgIpc) is 3.13. The van der Waals surface area contributed by atoms with Gasteiger partial charge in [0.2, 0.25) is 0 Å². The van der Waals surface area contributed by atoms with Crippen LogP contribution in [0.4, 0.5) is 5.69 Å². The number of halogens is 1. The summed E-state index contributed by atoms with van der Waals surface area (Å²) in [6.45, 7) is 0. The third-order valence-electron chi connectivity index (χ3n) is 3.42. The van der Waals surface area contributed by atoms with Crippen LogP contribution >= 0.6 is 11.6 Å². The first-order valence-corrected chi connectivity index (χ1v) is 7.80. The van der Waals surface area contributed by atoms with Crippen LogP contribution in [0.2, 0.25) is 5.02 Å². The molecule has 2 N–H and O–H groups in total. The molecule has 0 fully saturated rings. The van der Waals surface area contributed by atoms with Gasteiger partial charge >= 0.3 is 0 Å². The SMILES string of the molecule is O=C(NN=Cc1cccc([N+](=O)[O-])c1)c1cc(-c2ccc(Cl)cc2)n[nH]1. The first-order chi connectivity index (χ1) is 12.5. The molecule has 1 aromatic heterocycles. The highest BCUT2D eigenvalue weighted by atomic mass is 35.5. The highest BCUT2D eigenvalue weighted by Gasteiger charge is 2.10. The molecule has 0 atom stereocenters. The molecule has 26 heavy (non-hydrogen) atoms. The van der Waals surface area contributed by atoms with Crippen LogP contribution in [0, 0.1) is 10.1 Å². The van der Waals surface area contributed by atoms with Crippen molar-refractivity contribution in [1.29, 1.82) is 0 Å². The van der Waals surface area contributed by atoms with Crippen LogP contribution in [0.3, 0.4) is 0 Å². The van der Waals surface area contributed by atoms with Gasteiger partial charge < -0.3 is 0 Å². The van der Waals surface area contributed by atoms with E-state index in [2.05, 4.69) is 20.7 Å². The van der Waals surface area contributed by atoms with Gasteiger partial charge in [0, 0.05) is 28.3 Å². The smallest absolute Gasteiger partial charge is 0.272 e. The Balaban J connectivity index is 1.66. The highest BCUT2D eigenvalue weighted by molar-refractivity contribution is 6.30. The van der Waals surface area contributed by atoms with Crippen LogP contribution in [-0.2, 0) is 0 Å². The zero-order valence-electron chi connectivity index (χ0n) is 13.2. The van der Waals surface area contributed by atoms with E-state index in [-0.39, 0.29) is 11.4 Å². The van der Waals surface area contributed by atoms with Gasteiger partial charge in [-0.2, -0.15) is 10.2 Å². The van der Waals surface area contributed by atoms with Gasteiger partial charge in [0.15, 0.2) is 0 Å². The number of nitro groups is 1. The molecule has 0 aliphatic carbocycles. The number of rotatable bonds is 5. The van der Waals surface area contributed by atoms with Crippen LogP contribution in [0.15, 0.2) is 59.7 Å². The van der Waals surface area contributed by atoms with E-state index < -0.39 is 10.8 Å². The Morgan fingerprint density at radius 3 is 2.73 bits per heavy atom. The zero-order chi connectivity index (χ0) is 18.5. The van der Waals surface area contributed by atoms with Gasteiger partial charge in [-0.15, -0.1) is 0 Å². The van der Waals surface area contributed by atoms with Gasteiger partial charge in [0.25, 0.3) is 11.6 Å². The van der Waals surface area contributed by atoms with Crippen LogP contribution in [0.1, 0.15) is 16.1 Å². The molecule has 9 heteroatoms. The molecule has 0 radical (unpaired) electrons. The van der Waals surface area contributed by atoms with Gasteiger partial charge in [-0.1, -0.05) is 35.9 Å². The van der Waals surface area contributed by atoms with Gasteiger partial charge in [-0.25, -0.2) is 5.43 Å². The van der Waals surface area contributed by atoms with Crippen molar-refractivity contribution in [2.45, 2.75) is 0 Å². The minimum atomic E-state index is -0.501. The van der Waals surface area contributed by atoms with E-state index in [0.29, 0.717) is 16.3 Å². The predicted molar refractivity (Wildman–Crippen MR) is 97.2 cm³/mol. The molecule has 0 unspecified atom stereocenters. The summed E-state index contributed by atoms with van der Waals surface area (Å²) in [5, 5.41) is 21.9. The highest BCUT2D eigenvalue weighted by Crippen LogP contribution is 2.20. The summed E-state index contributed by atoms with van der Waals surface area (Å²) in [4.78, 5) is 22.3. The number of hydrazone groups is 1. The third kappa shape index (κ3) is 4.11. The summed E-state index contributed by atoms with van der Waals surface area (Å²) < 4.78 is 0. The van der Waals surface area contributed by atoms with Crippen molar-refractivity contribution < 1.29 is 9.72 Å². The minimum absolute atomic E-state index is 0.0542. The summed E-state index contributed by atoms with van der Waals surface area (Å²) in [5.74, 6) is -0.487. The maximum Gasteiger partial charge on any atom is 0.289 e. The lowest BCUT2D eigenvalue weighted by Gasteiger charge is -1.97. The molecule has 0 saturated carbocycles.